The predicted molar refractivity (Wildman–Crippen MR) is 73.6 cm³/mol. The number of nitrogens with zero attached hydrogens (tertiary/aromatic N) is 2. The van der Waals surface area contributed by atoms with Crippen LogP contribution in [-0.4, -0.2) is 69.1 Å². The number of hydrogen-bond donors (Lipinski definition) is 1. The van der Waals surface area contributed by atoms with Gasteiger partial charge >= 0.3 is 0 Å². The predicted octanol–water partition coefficient (Wildman–Crippen LogP) is -1.30. The van der Waals surface area contributed by atoms with E-state index in [1.807, 2.05) is 13.8 Å². The van der Waals surface area contributed by atoms with Crippen LogP contribution in [0.3, 0.4) is 0 Å². The summed E-state index contributed by atoms with van der Waals surface area (Å²) in [6.07, 6.45) is 0.242. The lowest BCUT2D eigenvalue weighted by atomic mass is 10.1. The summed E-state index contributed by atoms with van der Waals surface area (Å²) >= 11 is 0. The third-order valence-electron chi connectivity index (χ3n) is 3.62. The van der Waals surface area contributed by atoms with Crippen LogP contribution >= 0.6 is 0 Å². The Labute approximate surface area is 120 Å². The Kier molecular flexibility index (Phi) is 4.17. The van der Waals surface area contributed by atoms with Crippen LogP contribution in [0.1, 0.15) is 20.3 Å². The van der Waals surface area contributed by atoms with E-state index in [0.717, 1.165) is 0 Å². The molecule has 1 atom stereocenters. The number of ether oxygens (including phenoxy) is 1. The normalized spacial score (nSPS) is 29.6. The molecule has 0 spiro atoms. The molecule has 0 aromatic carbocycles. The lowest BCUT2D eigenvalue weighted by Crippen LogP contribution is -2.54. The van der Waals surface area contributed by atoms with Crippen LogP contribution in [0.5, 0.6) is 0 Å². The Morgan fingerprint density at radius 1 is 1.15 bits per heavy atom. The molecule has 0 aliphatic carbocycles. The van der Waals surface area contributed by atoms with Crippen LogP contribution in [0.15, 0.2) is 0 Å². The first-order chi connectivity index (χ1) is 9.02. The molecule has 10 heteroatoms. The maximum atomic E-state index is 12.5. The molecule has 2 aliphatic heterocycles. The summed E-state index contributed by atoms with van der Waals surface area (Å²) in [7, 11) is -7.36. The Bertz CT molecular complexity index is 572. The molecule has 1 unspecified atom stereocenters. The van der Waals surface area contributed by atoms with Crippen molar-refractivity contribution in [3.8, 4) is 0 Å². The van der Waals surface area contributed by atoms with Gasteiger partial charge in [0, 0.05) is 26.2 Å². The van der Waals surface area contributed by atoms with E-state index in [0.29, 0.717) is 6.61 Å². The maximum Gasteiger partial charge on any atom is 0.282 e. The van der Waals surface area contributed by atoms with Crippen LogP contribution in [0.25, 0.3) is 0 Å². The summed E-state index contributed by atoms with van der Waals surface area (Å²) in [5, 5.41) is 4.27. The molecule has 2 fully saturated rings. The molecule has 2 aliphatic rings. The van der Waals surface area contributed by atoms with E-state index in [1.54, 1.807) is 0 Å². The highest BCUT2D eigenvalue weighted by molar-refractivity contribution is 7.90. The molecule has 2 saturated heterocycles. The molecule has 0 radical (unpaired) electrons. The highest BCUT2D eigenvalue weighted by atomic mass is 32.2. The minimum atomic E-state index is -3.70. The van der Waals surface area contributed by atoms with Crippen molar-refractivity contribution >= 4 is 20.2 Å². The fraction of sp³-hybridized carbons (Fsp3) is 1.00. The van der Waals surface area contributed by atoms with Crippen LogP contribution in [-0.2, 0) is 25.0 Å². The van der Waals surface area contributed by atoms with Gasteiger partial charge in [-0.1, -0.05) is 0 Å². The van der Waals surface area contributed by atoms with Gasteiger partial charge in [-0.3, -0.25) is 0 Å². The summed E-state index contributed by atoms with van der Waals surface area (Å²) in [5.74, 6) is 0. The van der Waals surface area contributed by atoms with Gasteiger partial charge in [0.25, 0.3) is 10.2 Å². The van der Waals surface area contributed by atoms with Crippen LogP contribution in [0, 0.1) is 0 Å². The van der Waals surface area contributed by atoms with Crippen molar-refractivity contribution < 1.29 is 21.6 Å². The molecular weight excluding hydrogens is 306 g/mol. The summed E-state index contributed by atoms with van der Waals surface area (Å²) in [4.78, 5) is 0. The summed E-state index contributed by atoms with van der Waals surface area (Å²) in [6.45, 7) is 4.63. The lowest BCUT2D eigenvalue weighted by Gasteiger charge is -2.38. The Morgan fingerprint density at radius 2 is 1.80 bits per heavy atom. The Balaban J connectivity index is 2.12. The van der Waals surface area contributed by atoms with Crippen molar-refractivity contribution in [1.82, 2.24) is 8.61 Å². The molecule has 118 valence electrons. The monoisotopic (exact) mass is 327 g/mol. The lowest BCUT2D eigenvalue weighted by molar-refractivity contribution is -0.0651. The van der Waals surface area contributed by atoms with Gasteiger partial charge < -0.3 is 4.74 Å². The molecule has 0 amide bonds. The van der Waals surface area contributed by atoms with Gasteiger partial charge in [-0.2, -0.15) is 17.0 Å². The van der Waals surface area contributed by atoms with Crippen LogP contribution in [0.4, 0.5) is 0 Å². The van der Waals surface area contributed by atoms with Gasteiger partial charge in [0.15, 0.2) is 0 Å². The van der Waals surface area contributed by atoms with Gasteiger partial charge in [0.1, 0.15) is 0 Å². The van der Waals surface area contributed by atoms with E-state index in [4.69, 9.17) is 9.88 Å². The van der Waals surface area contributed by atoms with Crippen molar-refractivity contribution in [3.05, 3.63) is 0 Å². The number of rotatable bonds is 3. The average Bonchev–Trinajstić information content (AvgIpc) is 2.76. The largest absolute Gasteiger partial charge is 0.373 e. The number of primary sulfonamides is 1. The van der Waals surface area contributed by atoms with E-state index in [9.17, 15) is 16.8 Å². The van der Waals surface area contributed by atoms with Crippen molar-refractivity contribution in [1.29, 1.82) is 0 Å². The molecule has 2 heterocycles. The van der Waals surface area contributed by atoms with E-state index in [1.165, 1.54) is 8.61 Å². The van der Waals surface area contributed by atoms with Gasteiger partial charge in [-0.25, -0.2) is 13.6 Å². The second kappa shape index (κ2) is 5.18. The summed E-state index contributed by atoms with van der Waals surface area (Å²) in [5.41, 5.74) is -0.537. The first-order valence-electron chi connectivity index (χ1n) is 6.43. The van der Waals surface area contributed by atoms with Crippen LogP contribution < -0.4 is 5.14 Å². The van der Waals surface area contributed by atoms with E-state index in [2.05, 4.69) is 0 Å². The topological polar surface area (TPSA) is 110 Å². The third kappa shape index (κ3) is 3.31. The maximum absolute atomic E-state index is 12.5. The SMILES string of the molecule is CC1(C)CN(S(=O)(=O)N2CCC(S(N)(=O)=O)C2)CCO1. The van der Waals surface area contributed by atoms with Gasteiger partial charge in [-0.15, -0.1) is 0 Å². The first kappa shape index (κ1) is 16.1. The fourth-order valence-corrected chi connectivity index (χ4v) is 5.24. The van der Waals surface area contributed by atoms with E-state index >= 15 is 0 Å². The minimum absolute atomic E-state index is 0.0705. The second-order valence-electron chi connectivity index (χ2n) is 5.81. The number of hydrogen-bond acceptors (Lipinski definition) is 5. The first-order valence-corrected chi connectivity index (χ1v) is 9.44. The zero-order valence-corrected chi connectivity index (χ0v) is 13.3. The standard InChI is InChI=1S/C10H21N3O5S2/c1-10(2)8-13(5-6-18-10)20(16,17)12-4-3-9(7-12)19(11,14)15/h9H,3-8H2,1-2H3,(H2,11,14,15). The minimum Gasteiger partial charge on any atom is -0.373 e. The molecule has 0 aromatic heterocycles. The van der Waals surface area contributed by atoms with E-state index < -0.39 is 31.1 Å². The zero-order valence-electron chi connectivity index (χ0n) is 11.6. The summed E-state index contributed by atoms with van der Waals surface area (Å²) < 4.78 is 55.7. The number of sulfonamides is 1. The molecule has 20 heavy (non-hydrogen) atoms. The van der Waals surface area contributed by atoms with Crippen molar-refractivity contribution in [2.75, 3.05) is 32.8 Å². The highest BCUT2D eigenvalue weighted by Gasteiger charge is 2.42. The van der Waals surface area contributed by atoms with Gasteiger partial charge in [-0.05, 0) is 20.3 Å². The Morgan fingerprint density at radius 3 is 2.30 bits per heavy atom. The molecule has 2 rings (SSSR count). The number of morpholine rings is 1. The highest BCUT2D eigenvalue weighted by Crippen LogP contribution is 2.24. The second-order valence-corrected chi connectivity index (χ2v) is 9.58. The fourth-order valence-electron chi connectivity index (χ4n) is 2.51. The zero-order chi connectivity index (χ0) is 15.2. The smallest absolute Gasteiger partial charge is 0.282 e. The Hall–Kier alpha value is -0.260. The van der Waals surface area contributed by atoms with Gasteiger partial charge in [0.05, 0.1) is 17.5 Å². The van der Waals surface area contributed by atoms with Crippen LogP contribution in [0.2, 0.25) is 0 Å². The quantitative estimate of drug-likeness (QED) is 0.693. The molecule has 0 bridgehead atoms. The average molecular weight is 327 g/mol. The van der Waals surface area contributed by atoms with Crippen molar-refractivity contribution in [2.24, 2.45) is 5.14 Å². The summed E-state index contributed by atoms with van der Waals surface area (Å²) in [6, 6.07) is 0. The van der Waals surface area contributed by atoms with Crippen molar-refractivity contribution in [2.45, 2.75) is 31.1 Å². The van der Waals surface area contributed by atoms with Gasteiger partial charge in [0.2, 0.25) is 10.0 Å². The molecule has 0 saturated carbocycles. The third-order valence-corrected chi connectivity index (χ3v) is 6.88. The molecule has 0 aromatic rings. The molecule has 8 nitrogen and oxygen atoms in total. The van der Waals surface area contributed by atoms with Crippen molar-refractivity contribution in [3.63, 3.8) is 0 Å². The molecule has 2 N–H and O–H groups in total. The molecular formula is C10H21N3O5S2. The van der Waals surface area contributed by atoms with E-state index in [-0.39, 0.29) is 32.6 Å². The number of nitrogens with two attached hydrogens (primary N) is 1.